The summed E-state index contributed by atoms with van der Waals surface area (Å²) in [5, 5.41) is 0. The number of halogens is 2. The van der Waals surface area contributed by atoms with Gasteiger partial charge in [0.1, 0.15) is 0 Å². The molecule has 1 aliphatic carbocycles. The van der Waals surface area contributed by atoms with E-state index in [1.807, 2.05) is 0 Å². The third kappa shape index (κ3) is 1.88. The number of carbonyl (C=O) groups is 1. The maximum atomic E-state index is 14.1. The van der Waals surface area contributed by atoms with Gasteiger partial charge in [0, 0.05) is 12.1 Å². The van der Waals surface area contributed by atoms with Gasteiger partial charge < -0.3 is 0 Å². The number of Topliss-reactive ketones (excluding diaryl/α,β-unsaturated/α-hetero) is 1. The van der Waals surface area contributed by atoms with Crippen LogP contribution in [0.4, 0.5) is 4.39 Å². The molecule has 0 unspecified atom stereocenters. The van der Waals surface area contributed by atoms with Crippen LogP contribution in [0.2, 0.25) is 0 Å². The molecule has 0 radical (unpaired) electrons. The molecule has 0 N–H and O–H groups in total. The minimum Gasteiger partial charge on any atom is -0.298 e. The SMILES string of the molecule is O=C(CCl)C1CC(F)(c2ccccn2)C1. The van der Waals surface area contributed by atoms with Gasteiger partial charge in [-0.25, -0.2) is 4.39 Å². The summed E-state index contributed by atoms with van der Waals surface area (Å²) >= 11 is 5.41. The molecule has 1 heterocycles. The highest BCUT2D eigenvalue weighted by Gasteiger charge is 2.49. The molecule has 0 bridgehead atoms. The Bertz CT molecular complexity index is 362. The molecule has 1 aromatic heterocycles. The Morgan fingerprint density at radius 3 is 2.87 bits per heavy atom. The maximum absolute atomic E-state index is 14.1. The lowest BCUT2D eigenvalue weighted by Crippen LogP contribution is -2.42. The fourth-order valence-electron chi connectivity index (χ4n) is 1.90. The lowest BCUT2D eigenvalue weighted by Gasteiger charge is -2.39. The van der Waals surface area contributed by atoms with Gasteiger partial charge in [-0.05, 0) is 25.0 Å². The summed E-state index contributed by atoms with van der Waals surface area (Å²) in [6.45, 7) is 0. The lowest BCUT2D eigenvalue weighted by atomic mass is 9.69. The van der Waals surface area contributed by atoms with E-state index in [-0.39, 0.29) is 30.4 Å². The first-order valence-electron chi connectivity index (χ1n) is 4.85. The van der Waals surface area contributed by atoms with Crippen LogP contribution >= 0.6 is 11.6 Å². The van der Waals surface area contributed by atoms with Crippen molar-refractivity contribution in [2.45, 2.75) is 18.5 Å². The number of nitrogens with zero attached hydrogens (tertiary/aromatic N) is 1. The van der Waals surface area contributed by atoms with E-state index in [9.17, 15) is 9.18 Å². The van der Waals surface area contributed by atoms with E-state index in [1.165, 1.54) is 0 Å². The van der Waals surface area contributed by atoms with Gasteiger partial charge in [-0.15, -0.1) is 11.6 Å². The molecule has 2 nitrogen and oxygen atoms in total. The normalized spacial score (nSPS) is 29.6. The molecule has 1 fully saturated rings. The minimum absolute atomic E-state index is 0.0248. The zero-order valence-corrected chi connectivity index (χ0v) is 8.88. The van der Waals surface area contributed by atoms with Crippen LogP contribution in [-0.2, 0) is 10.5 Å². The molecule has 1 aromatic rings. The van der Waals surface area contributed by atoms with Crippen LogP contribution in [0.3, 0.4) is 0 Å². The van der Waals surface area contributed by atoms with Gasteiger partial charge >= 0.3 is 0 Å². The molecule has 2 rings (SSSR count). The number of alkyl halides is 2. The van der Waals surface area contributed by atoms with Crippen molar-refractivity contribution >= 4 is 17.4 Å². The zero-order valence-electron chi connectivity index (χ0n) is 8.12. The third-order valence-electron chi connectivity index (χ3n) is 2.85. The third-order valence-corrected chi connectivity index (χ3v) is 3.11. The van der Waals surface area contributed by atoms with Crippen molar-refractivity contribution in [2.75, 3.05) is 5.88 Å². The molecule has 0 saturated heterocycles. The van der Waals surface area contributed by atoms with Gasteiger partial charge in [-0.1, -0.05) is 6.07 Å². The van der Waals surface area contributed by atoms with Crippen molar-refractivity contribution in [3.05, 3.63) is 30.1 Å². The summed E-state index contributed by atoms with van der Waals surface area (Å²) in [7, 11) is 0. The Labute approximate surface area is 92.5 Å². The summed E-state index contributed by atoms with van der Waals surface area (Å²) in [5.41, 5.74) is -1.00. The van der Waals surface area contributed by atoms with E-state index in [0.717, 1.165) is 0 Å². The van der Waals surface area contributed by atoms with Crippen molar-refractivity contribution in [3.8, 4) is 0 Å². The predicted molar refractivity (Wildman–Crippen MR) is 55.5 cm³/mol. The van der Waals surface area contributed by atoms with Crippen LogP contribution in [0, 0.1) is 5.92 Å². The van der Waals surface area contributed by atoms with Crippen LogP contribution in [0.1, 0.15) is 18.5 Å². The number of aromatic nitrogens is 1. The number of pyridine rings is 1. The molecule has 0 atom stereocenters. The van der Waals surface area contributed by atoms with Gasteiger partial charge in [-0.3, -0.25) is 9.78 Å². The molecule has 80 valence electrons. The number of rotatable bonds is 3. The van der Waals surface area contributed by atoms with Crippen molar-refractivity contribution in [1.82, 2.24) is 4.98 Å². The minimum atomic E-state index is -1.42. The monoisotopic (exact) mass is 227 g/mol. The van der Waals surface area contributed by atoms with E-state index in [4.69, 9.17) is 11.6 Å². The highest BCUT2D eigenvalue weighted by molar-refractivity contribution is 6.28. The van der Waals surface area contributed by atoms with Gasteiger partial charge in [0.05, 0.1) is 11.6 Å². The average molecular weight is 228 g/mol. The zero-order chi connectivity index (χ0) is 10.9. The van der Waals surface area contributed by atoms with E-state index in [2.05, 4.69) is 4.98 Å². The summed E-state index contributed by atoms with van der Waals surface area (Å²) in [6, 6.07) is 5.15. The standard InChI is InChI=1S/C11H11ClFNO/c12-7-9(15)8-5-11(13,6-8)10-3-1-2-4-14-10/h1-4,8H,5-7H2. The molecule has 1 saturated carbocycles. The van der Waals surface area contributed by atoms with Crippen molar-refractivity contribution < 1.29 is 9.18 Å². The molecule has 1 aliphatic rings. The van der Waals surface area contributed by atoms with E-state index in [0.29, 0.717) is 5.69 Å². The maximum Gasteiger partial charge on any atom is 0.154 e. The first-order valence-corrected chi connectivity index (χ1v) is 5.38. The summed E-state index contributed by atoms with van der Waals surface area (Å²) < 4.78 is 14.1. The van der Waals surface area contributed by atoms with E-state index in [1.54, 1.807) is 24.4 Å². The van der Waals surface area contributed by atoms with Crippen molar-refractivity contribution in [1.29, 1.82) is 0 Å². The topological polar surface area (TPSA) is 30.0 Å². The quantitative estimate of drug-likeness (QED) is 0.743. The largest absolute Gasteiger partial charge is 0.298 e. The second-order valence-electron chi connectivity index (χ2n) is 3.89. The first kappa shape index (κ1) is 10.6. The highest BCUT2D eigenvalue weighted by Crippen LogP contribution is 2.48. The fraction of sp³-hybridized carbons (Fsp3) is 0.455. The molecule has 0 spiro atoms. The Hall–Kier alpha value is -0.960. The van der Waals surface area contributed by atoms with Gasteiger partial charge in [0.25, 0.3) is 0 Å². The molecular weight excluding hydrogens is 217 g/mol. The van der Waals surface area contributed by atoms with Crippen LogP contribution in [0.5, 0.6) is 0 Å². The number of carbonyl (C=O) groups excluding carboxylic acids is 1. The second-order valence-corrected chi connectivity index (χ2v) is 4.15. The Morgan fingerprint density at radius 2 is 2.33 bits per heavy atom. The summed E-state index contributed by atoms with van der Waals surface area (Å²) in [6.07, 6.45) is 2.00. The highest BCUT2D eigenvalue weighted by atomic mass is 35.5. The smallest absolute Gasteiger partial charge is 0.154 e. The average Bonchev–Trinajstić information content (AvgIpc) is 2.25. The van der Waals surface area contributed by atoms with Crippen LogP contribution in [-0.4, -0.2) is 16.6 Å². The molecule has 4 heteroatoms. The van der Waals surface area contributed by atoms with Gasteiger partial charge in [0.15, 0.2) is 11.5 Å². The van der Waals surface area contributed by atoms with Crippen LogP contribution in [0.25, 0.3) is 0 Å². The molecule has 0 aromatic carbocycles. The molecule has 0 amide bonds. The predicted octanol–water partition coefficient (Wildman–Crippen LogP) is 2.46. The summed E-state index contributed by atoms with van der Waals surface area (Å²) in [4.78, 5) is 15.2. The van der Waals surface area contributed by atoms with Crippen LogP contribution in [0.15, 0.2) is 24.4 Å². The first-order chi connectivity index (χ1) is 7.15. The van der Waals surface area contributed by atoms with E-state index < -0.39 is 5.67 Å². The second kappa shape index (κ2) is 3.89. The number of ketones is 1. The van der Waals surface area contributed by atoms with Crippen LogP contribution < -0.4 is 0 Å². The molecular formula is C11H11ClFNO. The Kier molecular flexibility index (Phi) is 2.74. The van der Waals surface area contributed by atoms with Gasteiger partial charge in [0.2, 0.25) is 0 Å². The Balaban J connectivity index is 2.06. The lowest BCUT2D eigenvalue weighted by molar-refractivity contribution is -0.129. The van der Waals surface area contributed by atoms with Crippen molar-refractivity contribution in [3.63, 3.8) is 0 Å². The summed E-state index contributed by atoms with van der Waals surface area (Å²) in [5.74, 6) is -0.321. The number of hydrogen-bond donors (Lipinski definition) is 0. The fourth-order valence-corrected chi connectivity index (χ4v) is 2.11. The van der Waals surface area contributed by atoms with Gasteiger partial charge in [-0.2, -0.15) is 0 Å². The van der Waals surface area contributed by atoms with Crippen molar-refractivity contribution in [2.24, 2.45) is 5.92 Å². The van der Waals surface area contributed by atoms with E-state index >= 15 is 0 Å². The number of hydrogen-bond acceptors (Lipinski definition) is 2. The molecule has 0 aliphatic heterocycles. The molecule has 15 heavy (non-hydrogen) atoms. The Morgan fingerprint density at radius 1 is 1.60 bits per heavy atom.